The molecule has 0 aromatic carbocycles. The largest absolute Gasteiger partial charge is 0.338 e. The smallest absolute Gasteiger partial charge is 0.315 e. The summed E-state index contributed by atoms with van der Waals surface area (Å²) in [4.78, 5) is 34.1. The van der Waals surface area contributed by atoms with Gasteiger partial charge in [0.05, 0.1) is 0 Å². The van der Waals surface area contributed by atoms with E-state index < -0.39 is 0 Å². The summed E-state index contributed by atoms with van der Waals surface area (Å²) in [5.41, 5.74) is 0. The van der Waals surface area contributed by atoms with E-state index >= 15 is 0 Å². The van der Waals surface area contributed by atoms with Crippen molar-refractivity contribution >= 4 is 28.7 Å². The molecular formula is C15H24N2O3S. The maximum Gasteiger partial charge on any atom is 0.315 e. The summed E-state index contributed by atoms with van der Waals surface area (Å²) in [5, 5.41) is 5.17. The van der Waals surface area contributed by atoms with E-state index in [2.05, 4.69) is 23.8 Å². The number of ketones is 1. The topological polar surface area (TPSA) is 75.3 Å². The van der Waals surface area contributed by atoms with Crippen LogP contribution in [0.25, 0.3) is 0 Å². The van der Waals surface area contributed by atoms with Crippen LogP contribution in [0.2, 0.25) is 0 Å². The summed E-state index contributed by atoms with van der Waals surface area (Å²) < 4.78 is 0. The van der Waals surface area contributed by atoms with Gasteiger partial charge in [-0.3, -0.25) is 9.59 Å². The zero-order valence-corrected chi connectivity index (χ0v) is 13.2. The van der Waals surface area contributed by atoms with Crippen molar-refractivity contribution in [1.82, 2.24) is 10.6 Å². The van der Waals surface area contributed by atoms with Crippen molar-refractivity contribution in [2.24, 2.45) is 0 Å². The van der Waals surface area contributed by atoms with Crippen molar-refractivity contribution in [3.05, 3.63) is 25.3 Å². The van der Waals surface area contributed by atoms with E-state index in [0.29, 0.717) is 44.5 Å². The summed E-state index contributed by atoms with van der Waals surface area (Å²) in [6, 6.07) is -0.305. The molecule has 0 aliphatic heterocycles. The highest BCUT2D eigenvalue weighted by Crippen LogP contribution is 2.09. The molecule has 21 heavy (non-hydrogen) atoms. The predicted octanol–water partition coefficient (Wildman–Crippen LogP) is 2.44. The number of hydrogen-bond donors (Lipinski definition) is 2. The number of hydrogen-bond acceptors (Lipinski definition) is 4. The Labute approximate surface area is 130 Å². The fourth-order valence-corrected chi connectivity index (χ4v) is 2.18. The lowest BCUT2D eigenvalue weighted by atomic mass is 10.1. The summed E-state index contributed by atoms with van der Waals surface area (Å²) >= 11 is 1.21. The van der Waals surface area contributed by atoms with Crippen molar-refractivity contribution in [3.8, 4) is 0 Å². The first-order valence-corrected chi connectivity index (χ1v) is 7.99. The van der Waals surface area contributed by atoms with Gasteiger partial charge in [0.15, 0.2) is 5.12 Å². The van der Waals surface area contributed by atoms with Crippen molar-refractivity contribution in [2.75, 3.05) is 18.8 Å². The second-order valence-electron chi connectivity index (χ2n) is 4.37. The highest BCUT2D eigenvalue weighted by atomic mass is 32.2. The minimum atomic E-state index is -0.305. The second-order valence-corrected chi connectivity index (χ2v) is 5.52. The zero-order chi connectivity index (χ0) is 15.9. The number of nitrogens with one attached hydrogen (secondary N) is 2. The van der Waals surface area contributed by atoms with Crippen LogP contribution in [0.15, 0.2) is 25.3 Å². The van der Waals surface area contributed by atoms with Crippen LogP contribution in [-0.4, -0.2) is 35.8 Å². The van der Waals surface area contributed by atoms with Gasteiger partial charge in [-0.15, -0.1) is 13.2 Å². The summed E-state index contributed by atoms with van der Waals surface area (Å²) in [6.45, 7) is 7.76. The Bertz CT molecular complexity index is 370. The molecule has 0 fully saturated rings. The van der Waals surface area contributed by atoms with E-state index in [-0.39, 0.29) is 23.4 Å². The first-order valence-electron chi connectivity index (χ1n) is 7.01. The Morgan fingerprint density at radius 2 is 1.76 bits per heavy atom. The molecule has 0 bridgehead atoms. The van der Waals surface area contributed by atoms with Crippen LogP contribution in [-0.2, 0) is 9.59 Å². The van der Waals surface area contributed by atoms with Crippen molar-refractivity contribution in [1.29, 1.82) is 0 Å². The Balaban J connectivity index is 3.50. The minimum Gasteiger partial charge on any atom is -0.338 e. The number of carbonyl (C=O) groups excluding carboxylic acids is 3. The minimum absolute atomic E-state index is 0.0255. The number of rotatable bonds is 12. The molecule has 6 heteroatoms. The summed E-state index contributed by atoms with van der Waals surface area (Å²) in [7, 11) is 0. The molecule has 0 aliphatic rings. The van der Waals surface area contributed by atoms with E-state index in [0.717, 1.165) is 0 Å². The van der Waals surface area contributed by atoms with Gasteiger partial charge >= 0.3 is 6.03 Å². The van der Waals surface area contributed by atoms with E-state index in [1.54, 1.807) is 12.2 Å². The van der Waals surface area contributed by atoms with Gasteiger partial charge in [-0.2, -0.15) is 0 Å². The van der Waals surface area contributed by atoms with Gasteiger partial charge < -0.3 is 10.6 Å². The average molecular weight is 312 g/mol. The van der Waals surface area contributed by atoms with Crippen LogP contribution < -0.4 is 10.6 Å². The molecule has 0 aliphatic carbocycles. The number of urea groups is 1. The fourth-order valence-electron chi connectivity index (χ4n) is 1.42. The van der Waals surface area contributed by atoms with E-state index in [9.17, 15) is 14.4 Å². The SMILES string of the molecule is C=CCCC(=O)CCCSC(=O)CCNC(=O)NCC=C. The Hall–Kier alpha value is -1.56. The third-order valence-electron chi connectivity index (χ3n) is 2.51. The average Bonchev–Trinajstić information content (AvgIpc) is 2.47. The van der Waals surface area contributed by atoms with Gasteiger partial charge in [0.25, 0.3) is 0 Å². The lowest BCUT2D eigenvalue weighted by Crippen LogP contribution is -2.36. The van der Waals surface area contributed by atoms with E-state index in [1.165, 1.54) is 11.8 Å². The molecule has 0 aromatic rings. The quantitative estimate of drug-likeness (QED) is 0.429. The Morgan fingerprint density at radius 1 is 1.00 bits per heavy atom. The van der Waals surface area contributed by atoms with Gasteiger partial charge in [-0.05, 0) is 12.8 Å². The van der Waals surface area contributed by atoms with E-state index in [1.807, 2.05) is 0 Å². The maximum atomic E-state index is 11.5. The molecule has 118 valence electrons. The highest BCUT2D eigenvalue weighted by molar-refractivity contribution is 8.13. The molecule has 2 N–H and O–H groups in total. The van der Waals surface area contributed by atoms with Crippen LogP contribution in [0.4, 0.5) is 4.79 Å². The van der Waals surface area contributed by atoms with Crippen LogP contribution in [0.3, 0.4) is 0 Å². The molecule has 0 aromatic heterocycles. The highest BCUT2D eigenvalue weighted by Gasteiger charge is 2.05. The molecule has 2 amide bonds. The molecule has 0 heterocycles. The van der Waals surface area contributed by atoms with E-state index in [4.69, 9.17) is 0 Å². The van der Waals surface area contributed by atoms with Gasteiger partial charge in [0.2, 0.25) is 0 Å². The number of allylic oxidation sites excluding steroid dienone is 1. The predicted molar refractivity (Wildman–Crippen MR) is 87.4 cm³/mol. The Morgan fingerprint density at radius 3 is 2.43 bits per heavy atom. The van der Waals surface area contributed by atoms with Crippen molar-refractivity contribution in [2.45, 2.75) is 32.1 Å². The molecule has 0 spiro atoms. The Kier molecular flexibility index (Phi) is 12.4. The van der Waals surface area contributed by atoms with Gasteiger partial charge in [0.1, 0.15) is 5.78 Å². The zero-order valence-electron chi connectivity index (χ0n) is 12.4. The summed E-state index contributed by atoms with van der Waals surface area (Å²) in [6.07, 6.45) is 6.06. The summed E-state index contributed by atoms with van der Waals surface area (Å²) in [5.74, 6) is 0.852. The van der Waals surface area contributed by atoms with Crippen LogP contribution in [0.1, 0.15) is 32.1 Å². The number of carbonyl (C=O) groups is 3. The van der Waals surface area contributed by atoms with Gasteiger partial charge in [-0.25, -0.2) is 4.79 Å². The maximum absolute atomic E-state index is 11.5. The van der Waals surface area contributed by atoms with Crippen molar-refractivity contribution < 1.29 is 14.4 Å². The molecule has 0 atom stereocenters. The van der Waals surface area contributed by atoms with Crippen molar-refractivity contribution in [3.63, 3.8) is 0 Å². The molecule has 0 unspecified atom stereocenters. The normalized spacial score (nSPS) is 9.71. The van der Waals surface area contributed by atoms with Gasteiger partial charge in [0, 0.05) is 38.1 Å². The lowest BCUT2D eigenvalue weighted by Gasteiger charge is -2.05. The number of thioether (sulfide) groups is 1. The van der Waals surface area contributed by atoms with Gasteiger partial charge in [-0.1, -0.05) is 23.9 Å². The number of Topliss-reactive ketones (excluding diaryl/α,β-unsaturated/α-hetero) is 1. The van der Waals surface area contributed by atoms with Crippen LogP contribution >= 0.6 is 11.8 Å². The first-order chi connectivity index (χ1) is 10.1. The monoisotopic (exact) mass is 312 g/mol. The number of amides is 2. The molecule has 0 radical (unpaired) electrons. The molecule has 5 nitrogen and oxygen atoms in total. The molecular weight excluding hydrogens is 288 g/mol. The molecule has 0 saturated heterocycles. The molecule has 0 rings (SSSR count). The fraction of sp³-hybridized carbons (Fsp3) is 0.533. The first kappa shape index (κ1) is 19.4. The van der Waals surface area contributed by atoms with Crippen LogP contribution in [0, 0.1) is 0 Å². The molecule has 0 saturated carbocycles. The second kappa shape index (κ2) is 13.4. The standard InChI is InChI=1S/C15H24N2O3S/c1-3-5-7-13(18)8-6-12-21-14(19)9-11-17-15(20)16-10-4-2/h3-4H,1-2,5-12H2,(H2,16,17,20). The third kappa shape index (κ3) is 13.2. The van der Waals surface area contributed by atoms with Crippen LogP contribution in [0.5, 0.6) is 0 Å². The third-order valence-corrected chi connectivity index (χ3v) is 3.53. The lowest BCUT2D eigenvalue weighted by molar-refractivity contribution is -0.119.